The van der Waals surface area contributed by atoms with Crippen molar-refractivity contribution in [2.75, 3.05) is 23.1 Å². The molecule has 0 aromatic heterocycles. The fraction of sp³-hybridized carbons (Fsp3) is 0.174. The summed E-state index contributed by atoms with van der Waals surface area (Å²) < 4.78 is 28.1. The molecular formula is C23H24N4O5S. The maximum absolute atomic E-state index is 12.8. The Morgan fingerprint density at radius 1 is 0.939 bits per heavy atom. The zero-order valence-electron chi connectivity index (χ0n) is 18.2. The third kappa shape index (κ3) is 6.07. The summed E-state index contributed by atoms with van der Waals surface area (Å²) in [5.74, 6) is -0.259. The van der Waals surface area contributed by atoms with E-state index in [0.29, 0.717) is 11.3 Å². The zero-order valence-corrected chi connectivity index (χ0v) is 19.0. The molecule has 0 saturated carbocycles. The first-order valence-corrected chi connectivity index (χ1v) is 11.6. The molecule has 1 amide bonds. The first-order valence-electron chi connectivity index (χ1n) is 10.1. The lowest BCUT2D eigenvalue weighted by Gasteiger charge is -2.13. The standard InChI is InChI=1S/C23H24N4O5S/c1-16-8-10-20(17(2)14-16)26-33(31,32)19-9-11-21(22(15-19)27(29)30)24-12-13-25-23(28)18-6-4-3-5-7-18/h3-11,14-15,24,26H,12-13H2,1-2H3,(H,25,28). The third-order valence-corrected chi connectivity index (χ3v) is 6.23. The average Bonchev–Trinajstić information content (AvgIpc) is 2.79. The van der Waals surface area contributed by atoms with Crippen LogP contribution < -0.4 is 15.4 Å². The molecule has 0 bridgehead atoms. The summed E-state index contributed by atoms with van der Waals surface area (Å²) in [6.45, 7) is 4.11. The Bertz CT molecular complexity index is 1280. The maximum Gasteiger partial charge on any atom is 0.293 e. The van der Waals surface area contributed by atoms with Gasteiger partial charge in [0.1, 0.15) is 5.69 Å². The van der Waals surface area contributed by atoms with Crippen molar-refractivity contribution in [2.24, 2.45) is 0 Å². The van der Waals surface area contributed by atoms with E-state index in [9.17, 15) is 23.3 Å². The molecule has 0 saturated heterocycles. The number of amides is 1. The van der Waals surface area contributed by atoms with Crippen LogP contribution in [-0.2, 0) is 10.0 Å². The van der Waals surface area contributed by atoms with Crippen molar-refractivity contribution in [1.82, 2.24) is 5.32 Å². The smallest absolute Gasteiger partial charge is 0.293 e. The molecule has 0 aliphatic rings. The summed E-state index contributed by atoms with van der Waals surface area (Å²) in [6.07, 6.45) is 0. The second-order valence-electron chi connectivity index (χ2n) is 7.41. The van der Waals surface area contributed by atoms with Crippen LogP contribution in [0.3, 0.4) is 0 Å². The number of nitro benzene ring substituents is 1. The number of hydrogen-bond acceptors (Lipinski definition) is 6. The van der Waals surface area contributed by atoms with Gasteiger partial charge in [-0.25, -0.2) is 8.42 Å². The van der Waals surface area contributed by atoms with Crippen LogP contribution in [0.2, 0.25) is 0 Å². The van der Waals surface area contributed by atoms with Gasteiger partial charge in [-0.2, -0.15) is 0 Å². The minimum absolute atomic E-state index is 0.152. The number of nitrogens with one attached hydrogen (secondary N) is 3. The van der Waals surface area contributed by atoms with Crippen molar-refractivity contribution in [3.05, 3.63) is 93.5 Å². The highest BCUT2D eigenvalue weighted by Gasteiger charge is 2.22. The van der Waals surface area contributed by atoms with Crippen LogP contribution in [0.15, 0.2) is 71.6 Å². The number of benzene rings is 3. The van der Waals surface area contributed by atoms with Crippen LogP contribution in [0.5, 0.6) is 0 Å². The van der Waals surface area contributed by atoms with Crippen molar-refractivity contribution in [2.45, 2.75) is 18.7 Å². The largest absolute Gasteiger partial charge is 0.378 e. The number of carbonyl (C=O) groups excluding carboxylic acids is 1. The number of hydrogen-bond donors (Lipinski definition) is 3. The molecule has 33 heavy (non-hydrogen) atoms. The molecular weight excluding hydrogens is 444 g/mol. The quantitative estimate of drug-likeness (QED) is 0.248. The Labute approximate surface area is 192 Å². The van der Waals surface area contributed by atoms with E-state index in [1.165, 1.54) is 12.1 Å². The second kappa shape index (κ2) is 10.1. The fourth-order valence-electron chi connectivity index (χ4n) is 3.18. The second-order valence-corrected chi connectivity index (χ2v) is 9.09. The summed E-state index contributed by atoms with van der Waals surface area (Å²) in [4.78, 5) is 22.7. The molecule has 3 aromatic rings. The van der Waals surface area contributed by atoms with Crippen molar-refractivity contribution < 1.29 is 18.1 Å². The summed E-state index contributed by atoms with van der Waals surface area (Å²) >= 11 is 0. The van der Waals surface area contributed by atoms with Gasteiger partial charge in [-0.05, 0) is 49.7 Å². The number of rotatable bonds is 9. The third-order valence-electron chi connectivity index (χ3n) is 4.86. The topological polar surface area (TPSA) is 130 Å². The van der Waals surface area contributed by atoms with Gasteiger partial charge in [-0.1, -0.05) is 35.9 Å². The first-order chi connectivity index (χ1) is 15.7. The Kier molecular flexibility index (Phi) is 7.29. The lowest BCUT2D eigenvalue weighted by Crippen LogP contribution is -2.28. The van der Waals surface area contributed by atoms with E-state index in [1.807, 2.05) is 13.0 Å². The molecule has 9 nitrogen and oxygen atoms in total. The van der Waals surface area contributed by atoms with Crippen LogP contribution >= 0.6 is 0 Å². The molecule has 0 spiro atoms. The van der Waals surface area contributed by atoms with Gasteiger partial charge in [0.2, 0.25) is 0 Å². The van der Waals surface area contributed by atoms with E-state index in [0.717, 1.165) is 17.2 Å². The summed E-state index contributed by atoms with van der Waals surface area (Å²) in [7, 11) is -4.03. The van der Waals surface area contributed by atoms with Crippen LogP contribution in [0.25, 0.3) is 0 Å². The van der Waals surface area contributed by atoms with Gasteiger partial charge in [0.15, 0.2) is 0 Å². The number of aryl methyl sites for hydroxylation is 2. The summed E-state index contributed by atoms with van der Waals surface area (Å²) in [6, 6.07) is 17.6. The molecule has 0 unspecified atom stereocenters. The number of nitrogens with zero attached hydrogens (tertiary/aromatic N) is 1. The number of sulfonamides is 1. The minimum atomic E-state index is -4.03. The van der Waals surface area contributed by atoms with Crippen molar-refractivity contribution in [3.63, 3.8) is 0 Å². The summed E-state index contributed by atoms with van der Waals surface area (Å²) in [5.41, 5.74) is 2.41. The summed E-state index contributed by atoms with van der Waals surface area (Å²) in [5, 5.41) is 17.1. The Hall–Kier alpha value is -3.92. The highest BCUT2D eigenvalue weighted by atomic mass is 32.2. The number of nitro groups is 1. The van der Waals surface area contributed by atoms with Gasteiger partial charge in [0.25, 0.3) is 21.6 Å². The van der Waals surface area contributed by atoms with Crippen LogP contribution in [0, 0.1) is 24.0 Å². The monoisotopic (exact) mass is 468 g/mol. The van der Waals surface area contributed by atoms with E-state index in [4.69, 9.17) is 0 Å². The van der Waals surface area contributed by atoms with Crippen molar-refractivity contribution in [1.29, 1.82) is 0 Å². The number of anilines is 2. The number of carbonyl (C=O) groups is 1. The van der Waals surface area contributed by atoms with Gasteiger partial charge in [0, 0.05) is 24.7 Å². The lowest BCUT2D eigenvalue weighted by atomic mass is 10.1. The Morgan fingerprint density at radius 2 is 1.64 bits per heavy atom. The van der Waals surface area contributed by atoms with Gasteiger partial charge in [0.05, 0.1) is 15.5 Å². The van der Waals surface area contributed by atoms with Crippen LogP contribution in [0.4, 0.5) is 17.1 Å². The molecule has 10 heteroatoms. The SMILES string of the molecule is Cc1ccc(NS(=O)(=O)c2ccc(NCCNC(=O)c3ccccc3)c([N+](=O)[O-])c2)c(C)c1. The molecule has 0 fully saturated rings. The van der Waals surface area contributed by atoms with Gasteiger partial charge < -0.3 is 10.6 Å². The molecule has 0 aliphatic heterocycles. The molecule has 0 radical (unpaired) electrons. The van der Waals surface area contributed by atoms with E-state index < -0.39 is 14.9 Å². The molecule has 172 valence electrons. The minimum Gasteiger partial charge on any atom is -0.378 e. The normalized spacial score (nSPS) is 11.0. The van der Waals surface area contributed by atoms with E-state index >= 15 is 0 Å². The van der Waals surface area contributed by atoms with E-state index in [1.54, 1.807) is 49.4 Å². The molecule has 3 rings (SSSR count). The highest BCUT2D eigenvalue weighted by Crippen LogP contribution is 2.29. The predicted molar refractivity (Wildman–Crippen MR) is 127 cm³/mol. The van der Waals surface area contributed by atoms with Gasteiger partial charge >= 0.3 is 0 Å². The molecule has 0 atom stereocenters. The Morgan fingerprint density at radius 3 is 2.30 bits per heavy atom. The van der Waals surface area contributed by atoms with Gasteiger partial charge in [-0.15, -0.1) is 0 Å². The predicted octanol–water partition coefficient (Wildman–Crippen LogP) is 3.85. The van der Waals surface area contributed by atoms with Crippen molar-refractivity contribution >= 4 is 33.0 Å². The van der Waals surface area contributed by atoms with Crippen LogP contribution in [-0.4, -0.2) is 32.3 Å². The van der Waals surface area contributed by atoms with E-state index in [-0.39, 0.29) is 35.3 Å². The molecule has 3 aromatic carbocycles. The van der Waals surface area contributed by atoms with Gasteiger partial charge in [-0.3, -0.25) is 19.6 Å². The molecule has 0 aliphatic carbocycles. The Balaban J connectivity index is 1.69. The average molecular weight is 469 g/mol. The zero-order chi connectivity index (χ0) is 24.0. The fourth-order valence-corrected chi connectivity index (χ4v) is 4.33. The highest BCUT2D eigenvalue weighted by molar-refractivity contribution is 7.92. The maximum atomic E-state index is 12.8. The molecule has 3 N–H and O–H groups in total. The van der Waals surface area contributed by atoms with Crippen LogP contribution in [0.1, 0.15) is 21.5 Å². The lowest BCUT2D eigenvalue weighted by molar-refractivity contribution is -0.384. The van der Waals surface area contributed by atoms with Crippen molar-refractivity contribution in [3.8, 4) is 0 Å². The van der Waals surface area contributed by atoms with E-state index in [2.05, 4.69) is 15.4 Å². The molecule has 0 heterocycles. The first kappa shape index (κ1) is 23.7.